The Bertz CT molecular complexity index is 907. The van der Waals surface area contributed by atoms with Gasteiger partial charge in [0.2, 0.25) is 0 Å². The van der Waals surface area contributed by atoms with E-state index < -0.39 is 0 Å². The molecule has 3 rings (SSSR count). The molecule has 0 aliphatic rings. The number of aliphatic imine (C=N–C) groups is 1. The summed E-state index contributed by atoms with van der Waals surface area (Å²) in [6.45, 7) is 1.87. The fourth-order valence-corrected chi connectivity index (χ4v) is 2.40. The Labute approximate surface area is 139 Å². The van der Waals surface area contributed by atoms with Crippen LogP contribution in [0.2, 0.25) is 0 Å². The lowest BCUT2D eigenvalue weighted by Gasteiger charge is -2.07. The summed E-state index contributed by atoms with van der Waals surface area (Å²) in [5, 5.41) is 9.29. The fourth-order valence-electron chi connectivity index (χ4n) is 2.40. The first-order valence-corrected chi connectivity index (χ1v) is 7.25. The third-order valence-corrected chi connectivity index (χ3v) is 3.76. The van der Waals surface area contributed by atoms with Gasteiger partial charge in [0.1, 0.15) is 5.75 Å². The molecular weight excluding hydrogens is 306 g/mol. The maximum atomic E-state index is 12.7. The number of rotatable bonds is 3. The molecule has 3 aromatic rings. The lowest BCUT2D eigenvalue weighted by Crippen LogP contribution is -2.19. The Morgan fingerprint density at radius 1 is 1.04 bits per heavy atom. The van der Waals surface area contributed by atoms with Crippen LogP contribution in [0, 0.1) is 6.92 Å². The zero-order chi connectivity index (χ0) is 16.4. The van der Waals surface area contributed by atoms with Crippen molar-refractivity contribution in [3.8, 4) is 11.4 Å². The molecule has 0 saturated carbocycles. The molecule has 124 valence electrons. The lowest BCUT2D eigenvalue weighted by molar-refractivity contribution is 0.475. The van der Waals surface area contributed by atoms with E-state index >= 15 is 0 Å². The van der Waals surface area contributed by atoms with E-state index in [0.29, 0.717) is 5.69 Å². The van der Waals surface area contributed by atoms with Gasteiger partial charge in [0, 0.05) is 13.3 Å². The number of hydrogen-bond donors (Lipinski definition) is 1. The molecule has 0 amide bonds. The van der Waals surface area contributed by atoms with Gasteiger partial charge in [0.25, 0.3) is 5.56 Å². The van der Waals surface area contributed by atoms with Crippen molar-refractivity contribution in [3.63, 3.8) is 0 Å². The summed E-state index contributed by atoms with van der Waals surface area (Å²) in [5.74, 6) is 0.199. The van der Waals surface area contributed by atoms with E-state index in [-0.39, 0.29) is 16.8 Å². The average molecular weight is 325 g/mol. The summed E-state index contributed by atoms with van der Waals surface area (Å²) in [7, 11) is 1.84. The summed E-state index contributed by atoms with van der Waals surface area (Å²) >= 11 is 0. The highest BCUT2D eigenvalue weighted by molar-refractivity contribution is 5.82. The lowest BCUT2D eigenvalue weighted by atomic mass is 10.2. The first-order chi connectivity index (χ1) is 11.1. The van der Waals surface area contributed by atoms with Crippen LogP contribution in [-0.2, 0) is 7.05 Å². The van der Waals surface area contributed by atoms with Crippen molar-refractivity contribution in [1.29, 1.82) is 0 Å². The molecule has 2 aromatic carbocycles. The number of aromatic nitrogens is 2. The van der Waals surface area contributed by atoms with Crippen LogP contribution in [0.15, 0.2) is 64.4 Å². The Balaban J connectivity index is 0.00000208. The molecule has 24 heavy (non-hydrogen) atoms. The third kappa shape index (κ3) is 3.13. The molecule has 3 N–H and O–H groups in total. The van der Waals surface area contributed by atoms with E-state index in [9.17, 15) is 9.90 Å². The van der Waals surface area contributed by atoms with Crippen LogP contribution in [0.25, 0.3) is 5.69 Å². The minimum Gasteiger partial charge on any atom is -0.508 e. The van der Waals surface area contributed by atoms with Crippen LogP contribution < -0.4 is 5.56 Å². The molecule has 6 nitrogen and oxygen atoms in total. The van der Waals surface area contributed by atoms with Crippen molar-refractivity contribution in [2.75, 3.05) is 0 Å². The number of phenolic OH excluding ortho intramolecular Hbond substituents is 1. The number of nitrogens with zero attached hydrogens (tertiary/aromatic N) is 3. The molecule has 1 heterocycles. The summed E-state index contributed by atoms with van der Waals surface area (Å²) < 4.78 is 3.39. The maximum Gasteiger partial charge on any atom is 0.297 e. The first kappa shape index (κ1) is 17.2. The maximum absolute atomic E-state index is 12.7. The summed E-state index contributed by atoms with van der Waals surface area (Å²) in [6.07, 6.45) is 1.62. The molecule has 0 saturated heterocycles. The first-order valence-electron chi connectivity index (χ1n) is 7.25. The van der Waals surface area contributed by atoms with Gasteiger partial charge >= 0.3 is 0 Å². The van der Waals surface area contributed by atoms with Crippen molar-refractivity contribution >= 4 is 11.9 Å². The van der Waals surface area contributed by atoms with Crippen LogP contribution in [0.1, 0.15) is 11.3 Å². The molecule has 0 atom stereocenters. The minimum atomic E-state index is -0.161. The Kier molecular flexibility index (Phi) is 5.01. The summed E-state index contributed by atoms with van der Waals surface area (Å²) in [4.78, 5) is 17.0. The number of para-hydroxylation sites is 1. The van der Waals surface area contributed by atoms with Crippen molar-refractivity contribution in [2.45, 2.75) is 6.92 Å². The molecule has 1 aromatic heterocycles. The number of aromatic hydroxyl groups is 1. The largest absolute Gasteiger partial charge is 0.508 e. The van der Waals surface area contributed by atoms with E-state index in [0.717, 1.165) is 16.9 Å². The second kappa shape index (κ2) is 6.97. The SMILES string of the molecule is Cc1c(N=Cc2ccc(O)cc2)c(=O)n(-c2ccccc2)n1C.O. The number of phenols is 1. The highest BCUT2D eigenvalue weighted by Crippen LogP contribution is 2.17. The zero-order valence-electron chi connectivity index (χ0n) is 13.5. The minimum absolute atomic E-state index is 0. The van der Waals surface area contributed by atoms with E-state index in [1.807, 2.05) is 44.3 Å². The van der Waals surface area contributed by atoms with Gasteiger partial charge in [0.05, 0.1) is 11.4 Å². The van der Waals surface area contributed by atoms with Gasteiger partial charge in [-0.15, -0.1) is 0 Å². The predicted molar refractivity (Wildman–Crippen MR) is 94.7 cm³/mol. The summed E-state index contributed by atoms with van der Waals surface area (Å²) in [6, 6.07) is 16.1. The standard InChI is InChI=1S/C18H17N3O2.H2O/c1-13-17(19-12-14-8-10-16(22)11-9-14)18(23)21(20(13)2)15-6-4-3-5-7-15;/h3-12,22H,1-2H3;1H2. The predicted octanol–water partition coefficient (Wildman–Crippen LogP) is 2.12. The van der Waals surface area contributed by atoms with Gasteiger partial charge in [-0.2, -0.15) is 0 Å². The summed E-state index contributed by atoms with van der Waals surface area (Å²) in [5.41, 5.74) is 2.65. The Hall–Kier alpha value is -3.12. The highest BCUT2D eigenvalue weighted by Gasteiger charge is 2.14. The van der Waals surface area contributed by atoms with E-state index in [1.54, 1.807) is 39.8 Å². The smallest absolute Gasteiger partial charge is 0.297 e. The third-order valence-electron chi connectivity index (χ3n) is 3.76. The topological polar surface area (TPSA) is 91.0 Å². The van der Waals surface area contributed by atoms with Crippen molar-refractivity contribution in [3.05, 3.63) is 76.2 Å². The highest BCUT2D eigenvalue weighted by atomic mass is 16.3. The number of hydrogen-bond acceptors (Lipinski definition) is 3. The average Bonchev–Trinajstić information content (AvgIpc) is 2.78. The molecule has 0 spiro atoms. The molecular formula is C18H19N3O3. The van der Waals surface area contributed by atoms with Crippen LogP contribution in [0.4, 0.5) is 5.69 Å². The van der Waals surface area contributed by atoms with Gasteiger partial charge in [-0.05, 0) is 48.9 Å². The van der Waals surface area contributed by atoms with Gasteiger partial charge < -0.3 is 10.6 Å². The van der Waals surface area contributed by atoms with Gasteiger partial charge in [-0.3, -0.25) is 9.48 Å². The second-order valence-electron chi connectivity index (χ2n) is 5.26. The van der Waals surface area contributed by atoms with Gasteiger partial charge in [0.15, 0.2) is 5.69 Å². The zero-order valence-corrected chi connectivity index (χ0v) is 13.5. The Morgan fingerprint density at radius 2 is 1.67 bits per heavy atom. The molecule has 0 unspecified atom stereocenters. The van der Waals surface area contributed by atoms with E-state index in [2.05, 4.69) is 4.99 Å². The van der Waals surface area contributed by atoms with Crippen LogP contribution >= 0.6 is 0 Å². The molecule has 0 bridgehead atoms. The molecule has 6 heteroatoms. The number of benzene rings is 2. The quantitative estimate of drug-likeness (QED) is 0.747. The molecule has 0 fully saturated rings. The van der Waals surface area contributed by atoms with Crippen molar-refractivity contribution in [2.24, 2.45) is 12.0 Å². The van der Waals surface area contributed by atoms with Gasteiger partial charge in [-0.25, -0.2) is 9.67 Å². The van der Waals surface area contributed by atoms with Crippen LogP contribution in [-0.4, -0.2) is 26.2 Å². The van der Waals surface area contributed by atoms with Crippen LogP contribution in [0.3, 0.4) is 0 Å². The molecule has 0 aliphatic heterocycles. The van der Waals surface area contributed by atoms with Crippen molar-refractivity contribution in [1.82, 2.24) is 9.36 Å². The van der Waals surface area contributed by atoms with Crippen molar-refractivity contribution < 1.29 is 10.6 Å². The second-order valence-corrected chi connectivity index (χ2v) is 5.26. The molecule has 0 aliphatic carbocycles. The van der Waals surface area contributed by atoms with E-state index in [1.165, 1.54) is 0 Å². The van der Waals surface area contributed by atoms with Crippen LogP contribution in [0.5, 0.6) is 5.75 Å². The monoisotopic (exact) mass is 325 g/mol. The fraction of sp³-hybridized carbons (Fsp3) is 0.111. The Morgan fingerprint density at radius 3 is 2.29 bits per heavy atom. The normalized spacial score (nSPS) is 10.8. The van der Waals surface area contributed by atoms with Gasteiger partial charge in [-0.1, -0.05) is 18.2 Å². The molecule has 0 radical (unpaired) electrons. The van der Waals surface area contributed by atoms with E-state index in [4.69, 9.17) is 0 Å².